The predicted octanol–water partition coefficient (Wildman–Crippen LogP) is 5.46. The smallest absolute Gasteiger partial charge is 0.0638 e. The van der Waals surface area contributed by atoms with Gasteiger partial charge in [-0.1, -0.05) is 57.9 Å². The van der Waals surface area contributed by atoms with Crippen LogP contribution < -0.4 is 5.32 Å². The van der Waals surface area contributed by atoms with Gasteiger partial charge < -0.3 is 5.32 Å². The van der Waals surface area contributed by atoms with Crippen molar-refractivity contribution < 1.29 is 0 Å². The molecular weight excluding hydrogens is 322 g/mol. The number of nitrogens with one attached hydrogen (secondary N) is 1. The highest BCUT2D eigenvalue weighted by Crippen LogP contribution is 2.39. The van der Waals surface area contributed by atoms with Crippen LogP contribution in [0.4, 0.5) is 5.69 Å². The van der Waals surface area contributed by atoms with Gasteiger partial charge in [0.15, 0.2) is 0 Å². The molecule has 1 saturated carbocycles. The first-order valence-electron chi connectivity index (χ1n) is 6.49. The summed E-state index contributed by atoms with van der Waals surface area (Å²) in [5, 5.41) is 4.31. The van der Waals surface area contributed by atoms with Crippen LogP contribution in [-0.2, 0) is 0 Å². The molecular formula is C16H15BrClN. The Labute approximate surface area is 127 Å². The maximum atomic E-state index is 6.19. The van der Waals surface area contributed by atoms with Crippen molar-refractivity contribution in [3.05, 3.63) is 63.6 Å². The summed E-state index contributed by atoms with van der Waals surface area (Å²) in [6.45, 7) is 0. The van der Waals surface area contributed by atoms with Crippen LogP contribution in [0.5, 0.6) is 0 Å². The second kappa shape index (κ2) is 5.56. The first kappa shape index (κ1) is 13.0. The van der Waals surface area contributed by atoms with Gasteiger partial charge in [0.05, 0.1) is 10.7 Å². The Kier molecular flexibility index (Phi) is 3.81. The molecule has 1 aliphatic rings. The summed E-state index contributed by atoms with van der Waals surface area (Å²) < 4.78 is 1.05. The Balaban J connectivity index is 1.61. The van der Waals surface area contributed by atoms with E-state index in [0.717, 1.165) is 15.2 Å². The molecule has 1 N–H and O–H groups in total. The summed E-state index contributed by atoms with van der Waals surface area (Å²) in [5.41, 5.74) is 2.47. The standard InChI is InChI=1S/C16H15BrClN/c17-13-6-7-15(18)16(10-13)19-14-8-12(9-14)11-4-2-1-3-5-11/h1-7,10,12,14,19H,8-9H2. The fourth-order valence-electron chi connectivity index (χ4n) is 2.56. The van der Waals surface area contributed by atoms with Crippen molar-refractivity contribution >= 4 is 33.2 Å². The molecule has 0 bridgehead atoms. The van der Waals surface area contributed by atoms with Gasteiger partial charge in [0.1, 0.15) is 0 Å². The molecule has 2 aromatic rings. The maximum Gasteiger partial charge on any atom is 0.0638 e. The minimum absolute atomic E-state index is 0.525. The fourth-order valence-corrected chi connectivity index (χ4v) is 3.09. The van der Waals surface area contributed by atoms with E-state index in [-0.39, 0.29) is 0 Å². The minimum Gasteiger partial charge on any atom is -0.381 e. The van der Waals surface area contributed by atoms with Gasteiger partial charge in [-0.15, -0.1) is 0 Å². The van der Waals surface area contributed by atoms with E-state index in [1.165, 1.54) is 18.4 Å². The molecule has 0 unspecified atom stereocenters. The van der Waals surface area contributed by atoms with E-state index >= 15 is 0 Å². The number of halogens is 2. The fraction of sp³-hybridized carbons (Fsp3) is 0.250. The summed E-state index contributed by atoms with van der Waals surface area (Å²) in [6.07, 6.45) is 2.35. The monoisotopic (exact) mass is 335 g/mol. The average Bonchev–Trinajstić information content (AvgIpc) is 2.38. The van der Waals surface area contributed by atoms with Crippen LogP contribution in [0.1, 0.15) is 24.3 Å². The molecule has 1 aliphatic carbocycles. The van der Waals surface area contributed by atoms with E-state index in [4.69, 9.17) is 11.6 Å². The van der Waals surface area contributed by atoms with E-state index in [0.29, 0.717) is 12.0 Å². The van der Waals surface area contributed by atoms with Gasteiger partial charge in [-0.2, -0.15) is 0 Å². The molecule has 0 heterocycles. The van der Waals surface area contributed by atoms with Crippen molar-refractivity contribution in [2.24, 2.45) is 0 Å². The lowest BCUT2D eigenvalue weighted by atomic mass is 9.76. The van der Waals surface area contributed by atoms with Crippen LogP contribution in [-0.4, -0.2) is 6.04 Å². The lowest BCUT2D eigenvalue weighted by Crippen LogP contribution is -2.34. The Hall–Kier alpha value is -0.990. The molecule has 0 radical (unpaired) electrons. The second-order valence-electron chi connectivity index (χ2n) is 5.04. The van der Waals surface area contributed by atoms with Gasteiger partial charge in [-0.3, -0.25) is 0 Å². The zero-order valence-corrected chi connectivity index (χ0v) is 12.8. The van der Waals surface area contributed by atoms with Gasteiger partial charge in [-0.25, -0.2) is 0 Å². The van der Waals surface area contributed by atoms with Crippen molar-refractivity contribution in [2.45, 2.75) is 24.8 Å². The SMILES string of the molecule is Clc1ccc(Br)cc1NC1CC(c2ccccc2)C1. The third kappa shape index (κ3) is 2.96. The van der Waals surface area contributed by atoms with E-state index in [1.807, 2.05) is 18.2 Å². The Morgan fingerprint density at radius 2 is 1.79 bits per heavy atom. The van der Waals surface area contributed by atoms with Gasteiger partial charge in [0.2, 0.25) is 0 Å². The summed E-state index contributed by atoms with van der Waals surface area (Å²) in [4.78, 5) is 0. The number of hydrogen-bond donors (Lipinski definition) is 1. The molecule has 98 valence electrons. The lowest BCUT2D eigenvalue weighted by molar-refractivity contribution is 0.374. The molecule has 0 aromatic heterocycles. The van der Waals surface area contributed by atoms with E-state index in [9.17, 15) is 0 Å². The van der Waals surface area contributed by atoms with E-state index in [2.05, 4.69) is 51.6 Å². The normalized spacial score (nSPS) is 21.8. The average molecular weight is 337 g/mol. The van der Waals surface area contributed by atoms with Crippen molar-refractivity contribution in [1.82, 2.24) is 0 Å². The molecule has 0 saturated heterocycles. The topological polar surface area (TPSA) is 12.0 Å². The molecule has 1 nitrogen and oxygen atoms in total. The highest BCUT2D eigenvalue weighted by molar-refractivity contribution is 9.10. The van der Waals surface area contributed by atoms with Crippen LogP contribution in [0.25, 0.3) is 0 Å². The number of hydrogen-bond acceptors (Lipinski definition) is 1. The van der Waals surface area contributed by atoms with Gasteiger partial charge >= 0.3 is 0 Å². The molecule has 3 rings (SSSR count). The van der Waals surface area contributed by atoms with Crippen molar-refractivity contribution in [2.75, 3.05) is 5.32 Å². The maximum absolute atomic E-state index is 6.19. The minimum atomic E-state index is 0.525. The molecule has 0 atom stereocenters. The quantitative estimate of drug-likeness (QED) is 0.784. The molecule has 19 heavy (non-hydrogen) atoms. The number of anilines is 1. The summed E-state index contributed by atoms with van der Waals surface area (Å²) in [5.74, 6) is 0.685. The molecule has 1 fully saturated rings. The lowest BCUT2D eigenvalue weighted by Gasteiger charge is -2.37. The molecule has 2 aromatic carbocycles. The predicted molar refractivity (Wildman–Crippen MR) is 85.0 cm³/mol. The highest BCUT2D eigenvalue weighted by Gasteiger charge is 2.30. The molecule has 0 spiro atoms. The first-order valence-corrected chi connectivity index (χ1v) is 7.66. The summed E-state index contributed by atoms with van der Waals surface area (Å²) >= 11 is 9.67. The van der Waals surface area contributed by atoms with Crippen LogP contribution in [0.2, 0.25) is 5.02 Å². The zero-order chi connectivity index (χ0) is 13.2. The molecule has 0 amide bonds. The van der Waals surface area contributed by atoms with Gasteiger partial charge in [0, 0.05) is 10.5 Å². The Bertz CT molecular complexity index is 564. The Morgan fingerprint density at radius 3 is 2.53 bits per heavy atom. The van der Waals surface area contributed by atoms with Crippen LogP contribution in [0.3, 0.4) is 0 Å². The highest BCUT2D eigenvalue weighted by atomic mass is 79.9. The summed E-state index contributed by atoms with van der Waals surface area (Å²) in [6, 6.07) is 17.2. The molecule has 3 heteroatoms. The van der Waals surface area contributed by atoms with Gasteiger partial charge in [0.25, 0.3) is 0 Å². The first-order chi connectivity index (χ1) is 9.22. The second-order valence-corrected chi connectivity index (χ2v) is 6.37. The number of benzene rings is 2. The zero-order valence-electron chi connectivity index (χ0n) is 10.4. The van der Waals surface area contributed by atoms with Crippen molar-refractivity contribution in [3.8, 4) is 0 Å². The van der Waals surface area contributed by atoms with Crippen LogP contribution in [0, 0.1) is 0 Å². The van der Waals surface area contributed by atoms with Crippen LogP contribution in [0.15, 0.2) is 53.0 Å². The van der Waals surface area contributed by atoms with Crippen molar-refractivity contribution in [3.63, 3.8) is 0 Å². The Morgan fingerprint density at radius 1 is 1.05 bits per heavy atom. The van der Waals surface area contributed by atoms with Crippen LogP contribution >= 0.6 is 27.5 Å². The number of rotatable bonds is 3. The van der Waals surface area contributed by atoms with E-state index < -0.39 is 0 Å². The third-order valence-electron chi connectivity index (χ3n) is 3.70. The molecule has 0 aliphatic heterocycles. The van der Waals surface area contributed by atoms with Gasteiger partial charge in [-0.05, 0) is 42.5 Å². The summed E-state index contributed by atoms with van der Waals surface area (Å²) in [7, 11) is 0. The van der Waals surface area contributed by atoms with Crippen molar-refractivity contribution in [1.29, 1.82) is 0 Å². The van der Waals surface area contributed by atoms with E-state index in [1.54, 1.807) is 0 Å². The largest absolute Gasteiger partial charge is 0.381 e. The third-order valence-corrected chi connectivity index (χ3v) is 4.52.